The highest BCUT2D eigenvalue weighted by Gasteiger charge is 2.65. The lowest BCUT2D eigenvalue weighted by Crippen LogP contribution is -2.58. The summed E-state index contributed by atoms with van der Waals surface area (Å²) in [5, 5.41) is 10.5. The number of phenolic OH excluding ortho intramolecular Hbond substituents is 1. The number of nitrogens with zero attached hydrogens (tertiary/aromatic N) is 1. The number of hydrogen-bond acceptors (Lipinski definition) is 5. The Hall–Kier alpha value is -4.29. The molecule has 6 unspecified atom stereocenters. The van der Waals surface area contributed by atoms with Gasteiger partial charge in [-0.2, -0.15) is 0 Å². The van der Waals surface area contributed by atoms with E-state index < -0.39 is 35.0 Å². The number of allylic oxidation sites excluding steroid dienone is 4. The average Bonchev–Trinajstić information content (AvgIpc) is 3.22. The predicted molar refractivity (Wildman–Crippen MR) is 157 cm³/mol. The van der Waals surface area contributed by atoms with E-state index >= 15 is 0 Å². The predicted octanol–water partition coefficient (Wildman–Crippen LogP) is 5.50. The van der Waals surface area contributed by atoms with Crippen LogP contribution >= 0.6 is 11.6 Å². The number of amides is 2. The Morgan fingerprint density at radius 3 is 2.26 bits per heavy atom. The molecule has 0 spiro atoms. The summed E-state index contributed by atoms with van der Waals surface area (Å²) < 4.78 is 0. The number of rotatable bonds is 3. The maximum absolute atomic E-state index is 14.8. The van der Waals surface area contributed by atoms with E-state index in [2.05, 4.69) is 0 Å². The number of hydrogen-bond donors (Lipinski definition) is 1. The van der Waals surface area contributed by atoms with Crippen LogP contribution in [0.5, 0.6) is 5.75 Å². The number of fused-ring (bicyclic) bond motifs is 4. The van der Waals surface area contributed by atoms with E-state index in [1.165, 1.54) is 30.2 Å². The first kappa shape index (κ1) is 26.6. The van der Waals surface area contributed by atoms with Crippen molar-refractivity contribution in [2.75, 3.05) is 7.05 Å². The molecule has 1 heterocycles. The van der Waals surface area contributed by atoms with Crippen molar-refractivity contribution in [3.63, 3.8) is 0 Å². The van der Waals surface area contributed by atoms with Crippen LogP contribution in [0.4, 0.5) is 0 Å². The highest BCUT2D eigenvalue weighted by atomic mass is 35.5. The number of imide groups is 1. The van der Waals surface area contributed by atoms with Crippen molar-refractivity contribution in [1.82, 2.24) is 4.90 Å². The van der Waals surface area contributed by atoms with Crippen LogP contribution in [-0.2, 0) is 24.6 Å². The third-order valence-corrected chi connectivity index (χ3v) is 10.2. The van der Waals surface area contributed by atoms with Gasteiger partial charge in [0.25, 0.3) is 0 Å². The molecule has 1 saturated heterocycles. The molecule has 0 bridgehead atoms. The minimum atomic E-state index is -1.34. The van der Waals surface area contributed by atoms with Gasteiger partial charge in [0.1, 0.15) is 5.75 Å². The van der Waals surface area contributed by atoms with Gasteiger partial charge >= 0.3 is 0 Å². The summed E-state index contributed by atoms with van der Waals surface area (Å²) in [6.45, 7) is 0. The van der Waals surface area contributed by atoms with Gasteiger partial charge in [-0.05, 0) is 53.7 Å². The van der Waals surface area contributed by atoms with Crippen LogP contribution in [0, 0.1) is 23.7 Å². The van der Waals surface area contributed by atoms with E-state index in [0.717, 1.165) is 5.57 Å². The smallest absolute Gasteiger partial charge is 0.233 e. The molecule has 1 aliphatic heterocycles. The van der Waals surface area contributed by atoms with Crippen LogP contribution in [0.3, 0.4) is 0 Å². The molecule has 42 heavy (non-hydrogen) atoms. The summed E-state index contributed by atoms with van der Waals surface area (Å²) >= 11 is 6.84. The lowest BCUT2D eigenvalue weighted by molar-refractivity contribution is -0.139. The molecular formula is C35H28ClNO5. The Bertz CT molecular complexity index is 1730. The fourth-order valence-corrected chi connectivity index (χ4v) is 8.41. The first-order valence-electron chi connectivity index (χ1n) is 14.2. The zero-order valence-electron chi connectivity index (χ0n) is 22.9. The summed E-state index contributed by atoms with van der Waals surface area (Å²) in [6.07, 6.45) is 4.09. The van der Waals surface area contributed by atoms with Crippen LogP contribution in [-0.4, -0.2) is 40.4 Å². The van der Waals surface area contributed by atoms with Crippen LogP contribution in [0.25, 0.3) is 5.57 Å². The molecule has 3 aromatic rings. The highest BCUT2D eigenvalue weighted by molar-refractivity contribution is 6.33. The normalized spacial score (nSPS) is 30.3. The molecule has 6 nitrogen and oxygen atoms in total. The summed E-state index contributed by atoms with van der Waals surface area (Å²) in [5.41, 5.74) is 1.80. The van der Waals surface area contributed by atoms with E-state index in [4.69, 9.17) is 11.6 Å². The van der Waals surface area contributed by atoms with Gasteiger partial charge in [0.05, 0.1) is 17.3 Å². The zero-order valence-corrected chi connectivity index (χ0v) is 23.6. The molecule has 3 aliphatic carbocycles. The number of likely N-dealkylation sites (tertiary alicyclic amines) is 1. The molecule has 3 aromatic carbocycles. The second-order valence-electron chi connectivity index (χ2n) is 11.7. The molecule has 1 saturated carbocycles. The third kappa shape index (κ3) is 3.57. The van der Waals surface area contributed by atoms with Crippen molar-refractivity contribution in [2.45, 2.75) is 24.2 Å². The lowest BCUT2D eigenvalue weighted by Gasteiger charge is -2.55. The summed E-state index contributed by atoms with van der Waals surface area (Å²) in [6, 6.07) is 23.2. The van der Waals surface area contributed by atoms with Gasteiger partial charge in [-0.25, -0.2) is 0 Å². The number of ketones is 2. The summed E-state index contributed by atoms with van der Waals surface area (Å²) in [4.78, 5) is 57.4. The Balaban J connectivity index is 1.54. The van der Waals surface area contributed by atoms with E-state index in [1.807, 2.05) is 66.7 Å². The largest absolute Gasteiger partial charge is 0.508 e. The van der Waals surface area contributed by atoms with Gasteiger partial charge in [-0.1, -0.05) is 90.0 Å². The molecule has 1 N–H and O–H groups in total. The summed E-state index contributed by atoms with van der Waals surface area (Å²) in [7, 11) is 1.51. The van der Waals surface area contributed by atoms with Crippen LogP contribution < -0.4 is 0 Å². The van der Waals surface area contributed by atoms with Crippen LogP contribution in [0.1, 0.15) is 35.4 Å². The first-order chi connectivity index (χ1) is 20.2. The molecule has 2 amide bonds. The molecule has 6 atom stereocenters. The Labute approximate surface area is 248 Å². The molecule has 7 rings (SSSR count). The van der Waals surface area contributed by atoms with Crippen molar-refractivity contribution in [3.05, 3.63) is 118 Å². The van der Waals surface area contributed by atoms with Gasteiger partial charge in [0.15, 0.2) is 11.6 Å². The number of carbonyl (C=O) groups excluding carboxylic acids is 4. The van der Waals surface area contributed by atoms with Gasteiger partial charge < -0.3 is 5.11 Å². The average molecular weight is 578 g/mol. The standard InChI is InChI=1S/C35H28ClNO5/c1-37-33(41)24-15-14-22-26(30(24)34(37)42)17-27-32(40)25(19-8-4-2-5-9-19)18-29(39)35(27,20-10-6-3-7-11-20)31(22)23-13-12-21(38)16-28(23)36/h2-14,16,18,24,26-27,30-31,38H,15,17H2,1H3. The van der Waals surface area contributed by atoms with Crippen molar-refractivity contribution in [3.8, 4) is 5.75 Å². The van der Waals surface area contributed by atoms with E-state index in [0.29, 0.717) is 28.7 Å². The van der Waals surface area contributed by atoms with Crippen molar-refractivity contribution in [2.24, 2.45) is 23.7 Å². The molecule has 4 aliphatic rings. The molecule has 210 valence electrons. The Morgan fingerprint density at radius 2 is 1.57 bits per heavy atom. The van der Waals surface area contributed by atoms with Crippen molar-refractivity contribution < 1.29 is 24.3 Å². The van der Waals surface area contributed by atoms with Gasteiger partial charge in [-0.3, -0.25) is 24.1 Å². The van der Waals surface area contributed by atoms with Crippen LogP contribution in [0.15, 0.2) is 96.6 Å². The second kappa shape index (κ2) is 9.63. The van der Waals surface area contributed by atoms with Crippen molar-refractivity contribution >= 4 is 40.6 Å². The SMILES string of the molecule is CN1C(=O)C2CC=C3C(CC4C(=O)C(c5ccccc5)=CC(=O)C4(c4ccccc4)C3c3ccc(O)cc3Cl)C2C1=O. The Kier molecular flexibility index (Phi) is 6.10. The summed E-state index contributed by atoms with van der Waals surface area (Å²) in [5.74, 6) is -3.95. The minimum Gasteiger partial charge on any atom is -0.508 e. The van der Waals surface area contributed by atoms with Crippen molar-refractivity contribution in [1.29, 1.82) is 0 Å². The number of aromatic hydroxyl groups is 1. The number of Topliss-reactive ketones (excluding diaryl/α,β-unsaturated/α-hetero) is 1. The molecular weight excluding hydrogens is 550 g/mol. The maximum Gasteiger partial charge on any atom is 0.233 e. The number of halogens is 1. The zero-order chi connectivity index (χ0) is 29.3. The quantitative estimate of drug-likeness (QED) is 0.328. The maximum atomic E-state index is 14.8. The molecule has 2 fully saturated rings. The van der Waals surface area contributed by atoms with E-state index in [1.54, 1.807) is 6.07 Å². The van der Waals surface area contributed by atoms with E-state index in [-0.39, 0.29) is 40.6 Å². The topological polar surface area (TPSA) is 91.8 Å². The lowest BCUT2D eigenvalue weighted by atomic mass is 9.44. The fraction of sp³-hybridized carbons (Fsp3) is 0.257. The molecule has 0 radical (unpaired) electrons. The van der Waals surface area contributed by atoms with Crippen LogP contribution in [0.2, 0.25) is 5.02 Å². The van der Waals surface area contributed by atoms with Gasteiger partial charge in [-0.15, -0.1) is 0 Å². The first-order valence-corrected chi connectivity index (χ1v) is 14.5. The number of benzene rings is 3. The fourth-order valence-electron chi connectivity index (χ4n) is 8.13. The minimum absolute atomic E-state index is 0.0189. The molecule has 7 heteroatoms. The molecule has 0 aromatic heterocycles. The monoisotopic (exact) mass is 577 g/mol. The van der Waals surface area contributed by atoms with Gasteiger partial charge in [0, 0.05) is 29.5 Å². The number of carbonyl (C=O) groups is 4. The highest BCUT2D eigenvalue weighted by Crippen LogP contribution is 2.64. The third-order valence-electron chi connectivity index (χ3n) is 9.89. The van der Waals surface area contributed by atoms with E-state index in [9.17, 15) is 24.3 Å². The second-order valence-corrected chi connectivity index (χ2v) is 12.1. The number of phenols is 1. The Morgan fingerprint density at radius 1 is 0.881 bits per heavy atom. The van der Waals surface area contributed by atoms with Gasteiger partial charge in [0.2, 0.25) is 11.8 Å².